The molecular formula is C12H13NOS. The molecule has 0 saturated heterocycles. The standard InChI is InChI=1S/C12H13NOS/c1-3-9(4-2)13-10-7-5-6-8-11(10)15-12(13)14/h3,5-9H,1,4H2,2H3/t9-/m0/s1. The predicted molar refractivity (Wildman–Crippen MR) is 65.6 cm³/mol. The quantitative estimate of drug-likeness (QED) is 0.727. The summed E-state index contributed by atoms with van der Waals surface area (Å²) in [6.07, 6.45) is 2.73. The lowest BCUT2D eigenvalue weighted by Crippen LogP contribution is -2.17. The first kappa shape index (κ1) is 10.2. The minimum Gasteiger partial charge on any atom is -0.292 e. The summed E-state index contributed by atoms with van der Waals surface area (Å²) in [4.78, 5) is 11.9. The van der Waals surface area contributed by atoms with Crippen molar-refractivity contribution in [3.05, 3.63) is 46.6 Å². The van der Waals surface area contributed by atoms with Gasteiger partial charge in [-0.3, -0.25) is 9.36 Å². The Morgan fingerprint density at radius 3 is 2.93 bits per heavy atom. The Hall–Kier alpha value is -1.35. The molecule has 0 N–H and O–H groups in total. The fraction of sp³-hybridized carbons (Fsp3) is 0.250. The number of para-hydroxylation sites is 1. The second-order valence-electron chi connectivity index (χ2n) is 3.42. The molecule has 0 aliphatic carbocycles. The zero-order valence-corrected chi connectivity index (χ0v) is 9.46. The molecule has 1 heterocycles. The predicted octanol–water partition coefficient (Wildman–Crippen LogP) is 3.20. The van der Waals surface area contributed by atoms with Gasteiger partial charge >= 0.3 is 4.87 Å². The zero-order chi connectivity index (χ0) is 10.8. The summed E-state index contributed by atoms with van der Waals surface area (Å²) in [7, 11) is 0. The molecule has 2 nitrogen and oxygen atoms in total. The highest BCUT2D eigenvalue weighted by atomic mass is 32.1. The van der Waals surface area contributed by atoms with Crippen LogP contribution in [0.15, 0.2) is 41.7 Å². The molecular weight excluding hydrogens is 206 g/mol. The van der Waals surface area contributed by atoms with Crippen LogP contribution in [0.5, 0.6) is 0 Å². The third-order valence-corrected chi connectivity index (χ3v) is 3.48. The van der Waals surface area contributed by atoms with Crippen molar-refractivity contribution >= 4 is 21.6 Å². The van der Waals surface area contributed by atoms with Crippen molar-refractivity contribution in [3.8, 4) is 0 Å². The van der Waals surface area contributed by atoms with Crippen LogP contribution in [0.25, 0.3) is 10.2 Å². The van der Waals surface area contributed by atoms with Gasteiger partial charge in [0.25, 0.3) is 0 Å². The van der Waals surface area contributed by atoms with Crippen LogP contribution in [-0.4, -0.2) is 4.57 Å². The van der Waals surface area contributed by atoms with Crippen molar-refractivity contribution in [1.82, 2.24) is 4.57 Å². The van der Waals surface area contributed by atoms with Crippen LogP contribution in [0.2, 0.25) is 0 Å². The van der Waals surface area contributed by atoms with Gasteiger partial charge in [-0.15, -0.1) is 6.58 Å². The molecule has 0 spiro atoms. The highest BCUT2D eigenvalue weighted by Crippen LogP contribution is 2.22. The van der Waals surface area contributed by atoms with Crippen molar-refractivity contribution in [3.63, 3.8) is 0 Å². The van der Waals surface area contributed by atoms with E-state index in [2.05, 4.69) is 13.5 Å². The van der Waals surface area contributed by atoms with Gasteiger partial charge < -0.3 is 0 Å². The smallest absolute Gasteiger partial charge is 0.292 e. The lowest BCUT2D eigenvalue weighted by Gasteiger charge is -2.11. The van der Waals surface area contributed by atoms with Crippen molar-refractivity contribution in [2.45, 2.75) is 19.4 Å². The molecule has 0 fully saturated rings. The molecule has 1 aromatic carbocycles. The molecule has 3 heteroatoms. The molecule has 0 radical (unpaired) electrons. The molecule has 78 valence electrons. The molecule has 15 heavy (non-hydrogen) atoms. The summed E-state index contributed by atoms with van der Waals surface area (Å²) in [5.41, 5.74) is 1.01. The first-order valence-corrected chi connectivity index (χ1v) is 5.82. The van der Waals surface area contributed by atoms with Crippen LogP contribution < -0.4 is 4.87 Å². The number of hydrogen-bond donors (Lipinski definition) is 0. The van der Waals surface area contributed by atoms with E-state index in [0.717, 1.165) is 16.6 Å². The summed E-state index contributed by atoms with van der Waals surface area (Å²) in [5, 5.41) is 0. The number of thiazole rings is 1. The third-order valence-electron chi connectivity index (χ3n) is 2.54. The van der Waals surface area contributed by atoms with Gasteiger partial charge in [0, 0.05) is 0 Å². The molecule has 0 aliphatic heterocycles. The van der Waals surface area contributed by atoms with Crippen LogP contribution >= 0.6 is 11.3 Å². The number of nitrogens with zero attached hydrogens (tertiary/aromatic N) is 1. The van der Waals surface area contributed by atoms with Crippen molar-refractivity contribution in [2.24, 2.45) is 0 Å². The summed E-state index contributed by atoms with van der Waals surface area (Å²) in [5.74, 6) is 0. The first-order chi connectivity index (χ1) is 7.27. The Kier molecular flexibility index (Phi) is 2.73. The maximum absolute atomic E-state index is 11.8. The van der Waals surface area contributed by atoms with Crippen LogP contribution in [0, 0.1) is 0 Å². The Labute approximate surface area is 92.5 Å². The maximum atomic E-state index is 11.8. The van der Waals surface area contributed by atoms with E-state index in [-0.39, 0.29) is 10.9 Å². The largest absolute Gasteiger partial charge is 0.308 e. The van der Waals surface area contributed by atoms with Gasteiger partial charge in [0.05, 0.1) is 16.3 Å². The van der Waals surface area contributed by atoms with E-state index in [1.54, 1.807) is 0 Å². The summed E-state index contributed by atoms with van der Waals surface area (Å²) < 4.78 is 2.87. The average molecular weight is 219 g/mol. The molecule has 0 bridgehead atoms. The topological polar surface area (TPSA) is 22.0 Å². The van der Waals surface area contributed by atoms with Gasteiger partial charge in [-0.1, -0.05) is 36.5 Å². The van der Waals surface area contributed by atoms with Crippen LogP contribution in [-0.2, 0) is 0 Å². The monoisotopic (exact) mass is 219 g/mol. The van der Waals surface area contributed by atoms with Crippen LogP contribution in [0.1, 0.15) is 19.4 Å². The van der Waals surface area contributed by atoms with Crippen LogP contribution in [0.4, 0.5) is 0 Å². The van der Waals surface area contributed by atoms with E-state index in [1.807, 2.05) is 34.9 Å². The van der Waals surface area contributed by atoms with Gasteiger partial charge in [0.15, 0.2) is 0 Å². The summed E-state index contributed by atoms with van der Waals surface area (Å²) >= 11 is 1.30. The SMILES string of the molecule is C=C[C@@H](CC)n1c(=O)sc2ccccc21. The Morgan fingerprint density at radius 2 is 2.27 bits per heavy atom. The van der Waals surface area contributed by atoms with Gasteiger partial charge in [-0.25, -0.2) is 0 Å². The number of aromatic nitrogens is 1. The average Bonchev–Trinajstić information content (AvgIpc) is 2.58. The van der Waals surface area contributed by atoms with E-state index in [4.69, 9.17) is 0 Å². The lowest BCUT2D eigenvalue weighted by molar-refractivity contribution is 0.596. The number of rotatable bonds is 3. The summed E-state index contributed by atoms with van der Waals surface area (Å²) in [6.45, 7) is 5.84. The second kappa shape index (κ2) is 4.03. The lowest BCUT2D eigenvalue weighted by atomic mass is 10.2. The van der Waals surface area contributed by atoms with Gasteiger partial charge in [0.2, 0.25) is 0 Å². The highest BCUT2D eigenvalue weighted by molar-refractivity contribution is 7.16. The normalized spacial score (nSPS) is 12.9. The maximum Gasteiger partial charge on any atom is 0.308 e. The number of hydrogen-bond acceptors (Lipinski definition) is 2. The van der Waals surface area contributed by atoms with E-state index in [1.165, 1.54) is 11.3 Å². The van der Waals surface area contributed by atoms with Crippen molar-refractivity contribution in [2.75, 3.05) is 0 Å². The van der Waals surface area contributed by atoms with Gasteiger partial charge in [-0.05, 0) is 18.6 Å². The number of allylic oxidation sites excluding steroid dienone is 1. The van der Waals surface area contributed by atoms with E-state index in [9.17, 15) is 4.79 Å². The molecule has 0 aliphatic rings. The van der Waals surface area contributed by atoms with E-state index < -0.39 is 0 Å². The van der Waals surface area contributed by atoms with E-state index >= 15 is 0 Å². The Balaban J connectivity index is 2.73. The fourth-order valence-electron chi connectivity index (χ4n) is 1.75. The second-order valence-corrected chi connectivity index (χ2v) is 4.41. The Morgan fingerprint density at radius 1 is 1.53 bits per heavy atom. The van der Waals surface area contributed by atoms with E-state index in [0.29, 0.717) is 0 Å². The van der Waals surface area contributed by atoms with Gasteiger partial charge in [-0.2, -0.15) is 0 Å². The molecule has 0 unspecified atom stereocenters. The molecule has 2 aromatic rings. The summed E-state index contributed by atoms with van der Waals surface area (Å²) in [6, 6.07) is 7.99. The fourth-order valence-corrected chi connectivity index (χ4v) is 2.69. The van der Waals surface area contributed by atoms with Gasteiger partial charge in [0.1, 0.15) is 0 Å². The minimum absolute atomic E-state index is 0.1000. The molecule has 2 rings (SSSR count). The Bertz CT molecular complexity index is 538. The highest BCUT2D eigenvalue weighted by Gasteiger charge is 2.12. The minimum atomic E-state index is 0.1000. The molecule has 1 atom stereocenters. The first-order valence-electron chi connectivity index (χ1n) is 5.00. The van der Waals surface area contributed by atoms with Crippen molar-refractivity contribution < 1.29 is 0 Å². The number of fused-ring (bicyclic) bond motifs is 1. The number of benzene rings is 1. The molecule has 0 saturated carbocycles. The van der Waals surface area contributed by atoms with Crippen molar-refractivity contribution in [1.29, 1.82) is 0 Å². The zero-order valence-electron chi connectivity index (χ0n) is 8.64. The molecule has 0 amide bonds. The van der Waals surface area contributed by atoms with Crippen LogP contribution in [0.3, 0.4) is 0 Å². The molecule has 1 aromatic heterocycles. The third kappa shape index (κ3) is 1.63.